The van der Waals surface area contributed by atoms with Gasteiger partial charge in [0.05, 0.1) is 5.56 Å². The Kier molecular flexibility index (Phi) is 10.5. The number of carboxylic acid groups (broad SMARTS) is 2. The van der Waals surface area contributed by atoms with Gasteiger partial charge in [-0.1, -0.05) is 0 Å². The van der Waals surface area contributed by atoms with Crippen LogP contribution in [0, 0.1) is 5.41 Å². The van der Waals surface area contributed by atoms with E-state index < -0.39 is 24.3 Å². The Bertz CT molecular complexity index is 829. The lowest BCUT2D eigenvalue weighted by atomic mass is 9.77. The first-order valence-electron chi connectivity index (χ1n) is 10.5. The van der Waals surface area contributed by atoms with Crippen LogP contribution in [0.2, 0.25) is 0 Å². The third kappa shape index (κ3) is 9.70. The Balaban J connectivity index is 0.000000362. The summed E-state index contributed by atoms with van der Waals surface area (Å²) < 4.78 is 63.5. The first-order valence-corrected chi connectivity index (χ1v) is 10.5. The number of pyridine rings is 1. The minimum Gasteiger partial charge on any atom is -0.475 e. The second kappa shape index (κ2) is 12.2. The van der Waals surface area contributed by atoms with Gasteiger partial charge in [-0.05, 0) is 57.2 Å². The summed E-state index contributed by atoms with van der Waals surface area (Å²) in [4.78, 5) is 38.9. The van der Waals surface area contributed by atoms with E-state index in [9.17, 15) is 31.1 Å². The molecule has 1 amide bonds. The number of piperidine rings is 1. The molecule has 35 heavy (non-hydrogen) atoms. The van der Waals surface area contributed by atoms with Crippen LogP contribution in [0.3, 0.4) is 0 Å². The third-order valence-corrected chi connectivity index (χ3v) is 5.70. The van der Waals surface area contributed by atoms with Crippen LogP contribution < -0.4 is 0 Å². The van der Waals surface area contributed by atoms with E-state index in [1.807, 2.05) is 17.0 Å². The van der Waals surface area contributed by atoms with E-state index in [1.165, 1.54) is 19.5 Å². The van der Waals surface area contributed by atoms with Crippen molar-refractivity contribution in [2.24, 2.45) is 5.41 Å². The van der Waals surface area contributed by atoms with Crippen LogP contribution in [0.4, 0.5) is 26.3 Å². The van der Waals surface area contributed by atoms with Crippen molar-refractivity contribution in [3.05, 3.63) is 30.1 Å². The summed E-state index contributed by atoms with van der Waals surface area (Å²) in [6, 6.07) is 4.32. The van der Waals surface area contributed by atoms with E-state index >= 15 is 0 Å². The zero-order chi connectivity index (χ0) is 27.0. The molecule has 2 saturated heterocycles. The number of aromatic nitrogens is 1. The fourth-order valence-corrected chi connectivity index (χ4v) is 3.67. The first kappa shape index (κ1) is 30.1. The SMILES string of the molecule is CC(C)N1CCC2(CCN(C(=O)c3cccnc3)CC2)C1.O=C(O)C(F)(F)F.O=C(O)C(F)(F)F. The summed E-state index contributed by atoms with van der Waals surface area (Å²) in [5.74, 6) is -5.38. The molecule has 0 aliphatic carbocycles. The zero-order valence-corrected chi connectivity index (χ0v) is 19.1. The van der Waals surface area contributed by atoms with Gasteiger partial charge in [-0.25, -0.2) is 9.59 Å². The molecule has 0 unspecified atom stereocenters. The maximum absolute atomic E-state index is 12.5. The average molecular weight is 515 g/mol. The topological polar surface area (TPSA) is 111 Å². The number of aliphatic carboxylic acids is 2. The predicted octanol–water partition coefficient (Wildman–Crippen LogP) is 3.68. The monoisotopic (exact) mass is 515 g/mol. The second-order valence-corrected chi connectivity index (χ2v) is 8.45. The lowest BCUT2D eigenvalue weighted by Gasteiger charge is -2.39. The predicted molar refractivity (Wildman–Crippen MR) is 111 cm³/mol. The number of likely N-dealkylation sites (tertiary alicyclic amines) is 2. The maximum Gasteiger partial charge on any atom is 0.490 e. The van der Waals surface area contributed by atoms with Gasteiger partial charge >= 0.3 is 24.3 Å². The average Bonchev–Trinajstić information content (AvgIpc) is 3.18. The van der Waals surface area contributed by atoms with Gasteiger partial charge in [0.1, 0.15) is 0 Å². The van der Waals surface area contributed by atoms with Crippen LogP contribution in [-0.2, 0) is 9.59 Å². The molecule has 8 nitrogen and oxygen atoms in total. The van der Waals surface area contributed by atoms with Crippen molar-refractivity contribution in [3.8, 4) is 0 Å². The molecule has 0 saturated carbocycles. The van der Waals surface area contributed by atoms with Crippen LogP contribution >= 0.6 is 0 Å². The van der Waals surface area contributed by atoms with Crippen molar-refractivity contribution >= 4 is 17.8 Å². The molecule has 1 spiro atoms. The fraction of sp³-hybridized carbons (Fsp3) is 0.619. The number of rotatable bonds is 2. The standard InChI is InChI=1S/C17H25N3O.2C2HF3O2/c1-14(2)20-11-7-17(13-20)5-9-19(10-6-17)16(21)15-4-3-8-18-12-15;2*3-2(4,5)1(6)7/h3-4,8,12,14H,5-7,9-11,13H2,1-2H3;2*(H,6,7). The summed E-state index contributed by atoms with van der Waals surface area (Å²) in [5, 5.41) is 14.2. The first-order chi connectivity index (χ1) is 16.0. The quantitative estimate of drug-likeness (QED) is 0.578. The number of hydrogen-bond donors (Lipinski definition) is 2. The smallest absolute Gasteiger partial charge is 0.475 e. The fourth-order valence-electron chi connectivity index (χ4n) is 3.67. The van der Waals surface area contributed by atoms with E-state index in [2.05, 4.69) is 23.7 Å². The Hall–Kier alpha value is -2.90. The van der Waals surface area contributed by atoms with E-state index in [1.54, 1.807) is 12.4 Å². The van der Waals surface area contributed by atoms with E-state index in [-0.39, 0.29) is 5.91 Å². The molecule has 2 fully saturated rings. The van der Waals surface area contributed by atoms with E-state index in [0.29, 0.717) is 17.0 Å². The summed E-state index contributed by atoms with van der Waals surface area (Å²) in [7, 11) is 0. The molecule has 2 N–H and O–H groups in total. The van der Waals surface area contributed by atoms with Gasteiger partial charge < -0.3 is 20.0 Å². The van der Waals surface area contributed by atoms with Gasteiger partial charge in [0.25, 0.3) is 5.91 Å². The molecule has 0 atom stereocenters. The highest BCUT2D eigenvalue weighted by Crippen LogP contribution is 2.41. The number of nitrogens with zero attached hydrogens (tertiary/aromatic N) is 3. The molecule has 0 bridgehead atoms. The van der Waals surface area contributed by atoms with Gasteiger partial charge in [0, 0.05) is 38.1 Å². The van der Waals surface area contributed by atoms with Gasteiger partial charge in [-0.3, -0.25) is 9.78 Å². The molecule has 0 radical (unpaired) electrons. The molecule has 198 valence electrons. The minimum atomic E-state index is -5.08. The van der Waals surface area contributed by atoms with Crippen molar-refractivity contribution in [1.82, 2.24) is 14.8 Å². The number of alkyl halides is 6. The van der Waals surface area contributed by atoms with Crippen LogP contribution in [0.15, 0.2) is 24.5 Å². The highest BCUT2D eigenvalue weighted by atomic mass is 19.4. The van der Waals surface area contributed by atoms with Gasteiger partial charge in [-0.2, -0.15) is 26.3 Å². The summed E-state index contributed by atoms with van der Waals surface area (Å²) in [6.45, 7) is 8.76. The Morgan fingerprint density at radius 1 is 0.943 bits per heavy atom. The largest absolute Gasteiger partial charge is 0.490 e. The molecule has 3 rings (SSSR count). The highest BCUT2D eigenvalue weighted by molar-refractivity contribution is 5.93. The van der Waals surface area contributed by atoms with Gasteiger partial charge in [-0.15, -0.1) is 0 Å². The van der Waals surface area contributed by atoms with Crippen molar-refractivity contribution in [2.75, 3.05) is 26.2 Å². The number of carbonyl (C=O) groups is 3. The normalized spacial score (nSPS) is 17.8. The summed E-state index contributed by atoms with van der Waals surface area (Å²) in [5.41, 5.74) is 1.17. The second-order valence-electron chi connectivity index (χ2n) is 8.45. The number of carbonyl (C=O) groups excluding carboxylic acids is 1. The van der Waals surface area contributed by atoms with E-state index in [0.717, 1.165) is 25.9 Å². The number of halogens is 6. The van der Waals surface area contributed by atoms with Crippen LogP contribution in [-0.4, -0.2) is 87.4 Å². The van der Waals surface area contributed by atoms with Crippen LogP contribution in [0.5, 0.6) is 0 Å². The number of hydrogen-bond acceptors (Lipinski definition) is 5. The zero-order valence-electron chi connectivity index (χ0n) is 19.1. The molecule has 1 aromatic heterocycles. The van der Waals surface area contributed by atoms with Crippen molar-refractivity contribution in [1.29, 1.82) is 0 Å². The summed E-state index contributed by atoms with van der Waals surface area (Å²) >= 11 is 0. The Morgan fingerprint density at radius 2 is 1.40 bits per heavy atom. The highest BCUT2D eigenvalue weighted by Gasteiger charge is 2.42. The van der Waals surface area contributed by atoms with E-state index in [4.69, 9.17) is 19.8 Å². The van der Waals surface area contributed by atoms with Crippen molar-refractivity contribution in [3.63, 3.8) is 0 Å². The molecule has 2 aliphatic heterocycles. The molecule has 1 aromatic rings. The number of carboxylic acids is 2. The molecule has 0 aromatic carbocycles. The molecule has 3 heterocycles. The molecule has 2 aliphatic rings. The van der Waals surface area contributed by atoms with Crippen LogP contribution in [0.25, 0.3) is 0 Å². The molecule has 14 heteroatoms. The lowest BCUT2D eigenvalue weighted by Crippen LogP contribution is -2.44. The maximum atomic E-state index is 12.5. The molecular formula is C21H27F6N3O5. The molecular weight excluding hydrogens is 488 g/mol. The van der Waals surface area contributed by atoms with Crippen molar-refractivity contribution in [2.45, 2.75) is 51.5 Å². The van der Waals surface area contributed by atoms with Crippen molar-refractivity contribution < 1.29 is 50.9 Å². The number of amides is 1. The van der Waals surface area contributed by atoms with Crippen LogP contribution in [0.1, 0.15) is 43.5 Å². The summed E-state index contributed by atoms with van der Waals surface area (Å²) in [6.07, 6.45) is -3.21. The third-order valence-electron chi connectivity index (χ3n) is 5.70. The Labute approximate surface area is 197 Å². The lowest BCUT2D eigenvalue weighted by molar-refractivity contribution is -0.193. The van der Waals surface area contributed by atoms with Gasteiger partial charge in [0.2, 0.25) is 0 Å². The minimum absolute atomic E-state index is 0.136. The Morgan fingerprint density at radius 3 is 1.74 bits per heavy atom. The van der Waals surface area contributed by atoms with Gasteiger partial charge in [0.15, 0.2) is 0 Å².